The van der Waals surface area contributed by atoms with Crippen molar-refractivity contribution in [1.82, 2.24) is 0 Å². The molecular formula is C30H48FeP2. The Morgan fingerprint density at radius 3 is 1.03 bits per heavy atom. The van der Waals surface area contributed by atoms with Crippen LogP contribution in [0.4, 0.5) is 0 Å². The van der Waals surface area contributed by atoms with Gasteiger partial charge in [-0.15, -0.1) is 15.8 Å². The van der Waals surface area contributed by atoms with E-state index in [0.29, 0.717) is 0 Å². The molecule has 4 atom stereocenters. The van der Waals surface area contributed by atoms with Gasteiger partial charge in [0.25, 0.3) is 0 Å². The van der Waals surface area contributed by atoms with Gasteiger partial charge in [-0.05, 0) is 72.0 Å². The maximum atomic E-state index is 2.41. The van der Waals surface area contributed by atoms with Crippen molar-refractivity contribution >= 4 is 26.5 Å². The quantitative estimate of drug-likeness (QED) is 0.201. The Morgan fingerprint density at radius 1 is 0.576 bits per heavy atom. The van der Waals surface area contributed by atoms with Crippen LogP contribution in [0, 0.1) is 23.7 Å². The summed E-state index contributed by atoms with van der Waals surface area (Å²) in [5.41, 5.74) is 3.85. The zero-order valence-electron chi connectivity index (χ0n) is 22.3. The molecule has 0 nitrogen and oxygen atoms in total. The molecule has 2 heterocycles. The summed E-state index contributed by atoms with van der Waals surface area (Å²) in [6.07, 6.45) is 5.82. The summed E-state index contributed by atoms with van der Waals surface area (Å²) < 4.78 is 0. The van der Waals surface area contributed by atoms with E-state index in [2.05, 4.69) is 104 Å². The second-order valence-electron chi connectivity index (χ2n) is 11.5. The molecular weight excluding hydrogens is 478 g/mol. The largest absolute Gasteiger partial charge is 2.00 e. The third-order valence-electron chi connectivity index (χ3n) is 7.91. The molecule has 0 saturated carbocycles. The zero-order chi connectivity index (χ0) is 23.4. The summed E-state index contributed by atoms with van der Waals surface area (Å²) in [5.74, 6) is 3.41. The Kier molecular flexibility index (Phi) is 11.9. The first-order chi connectivity index (χ1) is 15.2. The Balaban J connectivity index is 0.000000227. The molecule has 0 spiro atoms. The number of hydrogen-bond acceptors (Lipinski definition) is 0. The van der Waals surface area contributed by atoms with Gasteiger partial charge >= 0.3 is 17.1 Å². The summed E-state index contributed by atoms with van der Waals surface area (Å²) in [5, 5.41) is 3.31. The smallest absolute Gasteiger partial charge is 0.206 e. The van der Waals surface area contributed by atoms with Crippen molar-refractivity contribution in [2.75, 3.05) is 0 Å². The molecule has 0 aliphatic carbocycles. The maximum absolute atomic E-state index is 2.41. The van der Waals surface area contributed by atoms with Gasteiger partial charge in [0.1, 0.15) is 0 Å². The Hall–Kier alpha value is 0.0795. The topological polar surface area (TPSA) is 0 Å². The van der Waals surface area contributed by atoms with Gasteiger partial charge in [0.05, 0.1) is 0 Å². The van der Waals surface area contributed by atoms with Gasteiger partial charge in [0.15, 0.2) is 0 Å². The number of hydrogen-bond donors (Lipinski definition) is 0. The molecule has 2 fully saturated rings. The second-order valence-corrected chi connectivity index (χ2v) is 16.8. The van der Waals surface area contributed by atoms with Crippen LogP contribution in [0.5, 0.6) is 0 Å². The first kappa shape index (κ1) is 29.3. The maximum Gasteiger partial charge on any atom is 2.00 e. The van der Waals surface area contributed by atoms with Gasteiger partial charge in [-0.1, -0.05) is 55.4 Å². The average Bonchev–Trinajstić information content (AvgIpc) is 3.54. The fraction of sp³-hybridized carbons (Fsp3) is 0.667. The van der Waals surface area contributed by atoms with Crippen molar-refractivity contribution in [2.45, 2.75) is 104 Å². The Morgan fingerprint density at radius 2 is 0.848 bits per heavy atom. The molecule has 2 aliphatic rings. The molecule has 3 heteroatoms. The fourth-order valence-corrected chi connectivity index (χ4v) is 14.0. The van der Waals surface area contributed by atoms with Crippen LogP contribution in [0.2, 0.25) is 0 Å². The summed E-state index contributed by atoms with van der Waals surface area (Å²) >= 11 is 0. The van der Waals surface area contributed by atoms with Crippen LogP contribution >= 0.6 is 15.8 Å². The van der Waals surface area contributed by atoms with Gasteiger partial charge in [-0.25, -0.2) is 12.1 Å². The van der Waals surface area contributed by atoms with Crippen LogP contribution in [-0.4, -0.2) is 22.6 Å². The van der Waals surface area contributed by atoms with Crippen molar-refractivity contribution in [3.63, 3.8) is 0 Å². The molecule has 0 amide bonds. The molecule has 2 saturated heterocycles. The molecule has 0 N–H and O–H groups in total. The standard InChI is InChI=1S/2C15H24P.Fe/c2*1-11(2)14-9-10-15(12(3)4)16(14)13-7-5-6-8-13;/h2*5-8,11-12,14-15H,9-10H2,1-4H3;/q2*-1;+2. The molecule has 186 valence electrons. The van der Waals surface area contributed by atoms with E-state index in [9.17, 15) is 0 Å². The van der Waals surface area contributed by atoms with Crippen molar-refractivity contribution in [1.29, 1.82) is 0 Å². The molecule has 33 heavy (non-hydrogen) atoms. The van der Waals surface area contributed by atoms with Crippen LogP contribution in [-0.2, 0) is 17.1 Å². The minimum Gasteiger partial charge on any atom is -0.206 e. The van der Waals surface area contributed by atoms with Gasteiger partial charge in [-0.2, -0.15) is 47.0 Å². The minimum absolute atomic E-state index is 0. The number of rotatable bonds is 6. The molecule has 2 aromatic rings. The molecule has 2 aliphatic heterocycles. The molecule has 0 bridgehead atoms. The van der Waals surface area contributed by atoms with Crippen molar-refractivity contribution in [3.05, 3.63) is 48.5 Å². The molecule has 0 radical (unpaired) electrons. The first-order valence-corrected chi connectivity index (χ1v) is 16.2. The summed E-state index contributed by atoms with van der Waals surface area (Å²) in [6, 6.07) is 18.3. The van der Waals surface area contributed by atoms with Crippen LogP contribution in [0.15, 0.2) is 48.5 Å². The van der Waals surface area contributed by atoms with E-state index in [1.807, 2.05) is 0 Å². The Bertz CT molecular complexity index is 661. The van der Waals surface area contributed by atoms with Crippen molar-refractivity contribution in [2.24, 2.45) is 23.7 Å². The predicted octanol–water partition coefficient (Wildman–Crippen LogP) is 8.71. The molecule has 4 rings (SSSR count). The van der Waals surface area contributed by atoms with E-state index in [4.69, 9.17) is 0 Å². The van der Waals surface area contributed by atoms with Gasteiger partial charge in [0, 0.05) is 0 Å². The summed E-state index contributed by atoms with van der Waals surface area (Å²) in [4.78, 5) is 0. The first-order valence-electron chi connectivity index (χ1n) is 13.2. The predicted molar refractivity (Wildman–Crippen MR) is 150 cm³/mol. The van der Waals surface area contributed by atoms with E-state index in [-0.39, 0.29) is 32.9 Å². The SMILES string of the molecule is CC(C)C1CCC(C(C)C)P1c1cc[cH-]c1.CC(C)C1CCC(C(C)C)P1c1cc[cH-]c1.[Fe+2]. The molecule has 2 aromatic carbocycles. The fourth-order valence-electron chi connectivity index (χ4n) is 6.19. The third-order valence-corrected chi connectivity index (χ3v) is 16.0. The minimum atomic E-state index is 0. The van der Waals surface area contributed by atoms with Gasteiger partial charge in [-0.3, -0.25) is 0 Å². The van der Waals surface area contributed by atoms with Gasteiger partial charge in [0.2, 0.25) is 0 Å². The van der Waals surface area contributed by atoms with Crippen LogP contribution in [0.25, 0.3) is 0 Å². The van der Waals surface area contributed by atoms with E-state index >= 15 is 0 Å². The van der Waals surface area contributed by atoms with Crippen LogP contribution < -0.4 is 10.6 Å². The second kappa shape index (κ2) is 13.4. The zero-order valence-corrected chi connectivity index (χ0v) is 25.2. The van der Waals surface area contributed by atoms with Crippen molar-refractivity contribution < 1.29 is 17.1 Å². The summed E-state index contributed by atoms with van der Waals surface area (Å²) in [7, 11) is 0.182. The van der Waals surface area contributed by atoms with Crippen molar-refractivity contribution in [3.8, 4) is 0 Å². The third kappa shape index (κ3) is 7.07. The van der Waals surface area contributed by atoms with E-state index in [1.165, 1.54) is 25.7 Å². The van der Waals surface area contributed by atoms with E-state index < -0.39 is 0 Å². The summed E-state index contributed by atoms with van der Waals surface area (Å²) in [6.45, 7) is 19.3. The van der Waals surface area contributed by atoms with E-state index in [0.717, 1.165) is 46.3 Å². The Labute approximate surface area is 218 Å². The average molecular weight is 527 g/mol. The van der Waals surface area contributed by atoms with Gasteiger partial charge < -0.3 is 0 Å². The molecule has 4 unspecified atom stereocenters. The molecule has 0 aromatic heterocycles. The normalized spacial score (nSPS) is 29.6. The van der Waals surface area contributed by atoms with E-state index in [1.54, 1.807) is 10.6 Å². The van der Waals surface area contributed by atoms with Crippen LogP contribution in [0.1, 0.15) is 81.1 Å². The monoisotopic (exact) mass is 526 g/mol. The van der Waals surface area contributed by atoms with Crippen LogP contribution in [0.3, 0.4) is 0 Å².